The summed E-state index contributed by atoms with van der Waals surface area (Å²) in [4.78, 5) is 22.6. The molecule has 0 aliphatic heterocycles. The summed E-state index contributed by atoms with van der Waals surface area (Å²) in [7, 11) is 1.35. The molecule has 0 unspecified atom stereocenters. The van der Waals surface area contributed by atoms with Gasteiger partial charge in [0.2, 0.25) is 0 Å². The van der Waals surface area contributed by atoms with Gasteiger partial charge in [0.1, 0.15) is 5.75 Å². The SMILES string of the molecule is COc1c(Cl)cc(Cl)cc1C(=O)Nc1cc([N+](=O)[O-])ccc1Cl. The fourth-order valence-corrected chi connectivity index (χ4v) is 2.58. The van der Waals surface area contributed by atoms with Gasteiger partial charge in [0, 0.05) is 17.2 Å². The second kappa shape index (κ2) is 7.04. The number of hydrogen-bond donors (Lipinski definition) is 1. The highest BCUT2D eigenvalue weighted by Crippen LogP contribution is 2.33. The Bertz CT molecular complexity index is 796. The Kier molecular flexibility index (Phi) is 5.30. The Morgan fingerprint density at radius 1 is 1.17 bits per heavy atom. The molecular weight excluding hydrogens is 367 g/mol. The summed E-state index contributed by atoms with van der Waals surface area (Å²) in [6.07, 6.45) is 0. The summed E-state index contributed by atoms with van der Waals surface area (Å²) in [6, 6.07) is 6.50. The van der Waals surface area contributed by atoms with Crippen molar-refractivity contribution in [2.24, 2.45) is 0 Å². The normalized spacial score (nSPS) is 10.3. The van der Waals surface area contributed by atoms with E-state index in [2.05, 4.69) is 5.32 Å². The number of nitrogens with one attached hydrogen (secondary N) is 1. The van der Waals surface area contributed by atoms with Crippen molar-refractivity contribution in [3.05, 3.63) is 61.1 Å². The predicted molar refractivity (Wildman–Crippen MR) is 89.1 cm³/mol. The molecule has 120 valence electrons. The van der Waals surface area contributed by atoms with Crippen molar-refractivity contribution in [1.29, 1.82) is 0 Å². The lowest BCUT2D eigenvalue weighted by Crippen LogP contribution is -2.14. The Labute approximate surface area is 146 Å². The number of non-ortho nitro benzene ring substituents is 1. The van der Waals surface area contributed by atoms with Gasteiger partial charge in [-0.2, -0.15) is 0 Å². The standard InChI is InChI=1S/C14H9Cl3N2O4/c1-23-13-9(4-7(15)5-11(13)17)14(20)18-12-6-8(19(21)22)2-3-10(12)16/h2-6H,1H3,(H,18,20). The molecule has 0 aliphatic carbocycles. The van der Waals surface area contributed by atoms with E-state index < -0.39 is 10.8 Å². The van der Waals surface area contributed by atoms with Crippen LogP contribution in [0.25, 0.3) is 0 Å². The molecule has 0 aliphatic rings. The van der Waals surface area contributed by atoms with Crippen LogP contribution in [0.4, 0.5) is 11.4 Å². The van der Waals surface area contributed by atoms with Gasteiger partial charge >= 0.3 is 0 Å². The lowest BCUT2D eigenvalue weighted by molar-refractivity contribution is -0.384. The Morgan fingerprint density at radius 3 is 2.48 bits per heavy atom. The summed E-state index contributed by atoms with van der Waals surface area (Å²) in [6.45, 7) is 0. The maximum atomic E-state index is 12.4. The first-order valence-corrected chi connectivity index (χ1v) is 7.25. The van der Waals surface area contributed by atoms with Crippen LogP contribution in [0, 0.1) is 10.1 Å². The fraction of sp³-hybridized carbons (Fsp3) is 0.0714. The van der Waals surface area contributed by atoms with Gasteiger partial charge in [-0.1, -0.05) is 34.8 Å². The van der Waals surface area contributed by atoms with Gasteiger partial charge in [0.25, 0.3) is 11.6 Å². The molecule has 9 heteroatoms. The molecule has 0 aromatic heterocycles. The van der Waals surface area contributed by atoms with Crippen LogP contribution in [-0.2, 0) is 0 Å². The number of carbonyl (C=O) groups is 1. The van der Waals surface area contributed by atoms with Gasteiger partial charge in [0.15, 0.2) is 0 Å². The number of nitrogens with zero attached hydrogens (tertiary/aromatic N) is 1. The van der Waals surface area contributed by atoms with E-state index in [1.54, 1.807) is 0 Å². The lowest BCUT2D eigenvalue weighted by Gasteiger charge is -2.12. The van der Waals surface area contributed by atoms with Crippen molar-refractivity contribution < 1.29 is 14.5 Å². The average molecular weight is 376 g/mol. The molecule has 1 N–H and O–H groups in total. The summed E-state index contributed by atoms with van der Waals surface area (Å²) in [5, 5.41) is 13.8. The molecule has 23 heavy (non-hydrogen) atoms. The zero-order chi connectivity index (χ0) is 17.1. The topological polar surface area (TPSA) is 81.5 Å². The van der Waals surface area contributed by atoms with E-state index in [4.69, 9.17) is 39.5 Å². The maximum Gasteiger partial charge on any atom is 0.271 e. The van der Waals surface area contributed by atoms with Crippen LogP contribution >= 0.6 is 34.8 Å². The highest BCUT2D eigenvalue weighted by molar-refractivity contribution is 6.37. The molecule has 2 aromatic rings. The van der Waals surface area contributed by atoms with Gasteiger partial charge < -0.3 is 10.1 Å². The fourth-order valence-electron chi connectivity index (χ4n) is 1.85. The zero-order valence-corrected chi connectivity index (χ0v) is 13.9. The number of benzene rings is 2. The van der Waals surface area contributed by atoms with Crippen molar-refractivity contribution in [3.63, 3.8) is 0 Å². The Hall–Kier alpha value is -2.02. The molecule has 1 amide bonds. The number of anilines is 1. The minimum absolute atomic E-state index is 0.0765. The van der Waals surface area contributed by atoms with Gasteiger partial charge in [-0.05, 0) is 18.2 Å². The number of hydrogen-bond acceptors (Lipinski definition) is 4. The molecule has 0 saturated carbocycles. The van der Waals surface area contributed by atoms with Crippen LogP contribution in [0.1, 0.15) is 10.4 Å². The Balaban J connectivity index is 2.40. The minimum Gasteiger partial charge on any atom is -0.494 e. The smallest absolute Gasteiger partial charge is 0.271 e. The van der Waals surface area contributed by atoms with E-state index in [9.17, 15) is 14.9 Å². The van der Waals surface area contributed by atoms with Crippen LogP contribution in [0.15, 0.2) is 30.3 Å². The summed E-state index contributed by atoms with van der Waals surface area (Å²) < 4.78 is 5.09. The van der Waals surface area contributed by atoms with Gasteiger partial charge in [-0.15, -0.1) is 0 Å². The quantitative estimate of drug-likeness (QED) is 0.614. The third kappa shape index (κ3) is 3.85. The average Bonchev–Trinajstić information content (AvgIpc) is 2.48. The van der Waals surface area contributed by atoms with E-state index in [0.29, 0.717) is 0 Å². The monoisotopic (exact) mass is 374 g/mol. The molecule has 0 fully saturated rings. The second-order valence-electron chi connectivity index (χ2n) is 4.34. The number of rotatable bonds is 4. The summed E-state index contributed by atoms with van der Waals surface area (Å²) >= 11 is 17.8. The van der Waals surface area contributed by atoms with Crippen LogP contribution in [0.2, 0.25) is 15.1 Å². The molecule has 0 heterocycles. The maximum absolute atomic E-state index is 12.4. The van der Waals surface area contributed by atoms with E-state index in [1.807, 2.05) is 0 Å². The molecule has 0 radical (unpaired) electrons. The molecule has 0 saturated heterocycles. The van der Waals surface area contributed by atoms with Crippen molar-refractivity contribution in [2.45, 2.75) is 0 Å². The Morgan fingerprint density at radius 2 is 1.87 bits per heavy atom. The van der Waals surface area contributed by atoms with E-state index in [1.165, 1.54) is 31.4 Å². The van der Waals surface area contributed by atoms with E-state index in [-0.39, 0.29) is 37.8 Å². The first-order valence-electron chi connectivity index (χ1n) is 6.11. The van der Waals surface area contributed by atoms with Crippen LogP contribution < -0.4 is 10.1 Å². The molecule has 0 spiro atoms. The number of amides is 1. The molecule has 0 bridgehead atoms. The summed E-state index contributed by atoms with van der Waals surface area (Å²) in [5.41, 5.74) is -0.0441. The van der Waals surface area contributed by atoms with Gasteiger partial charge in [0.05, 0.1) is 33.3 Å². The van der Waals surface area contributed by atoms with Crippen LogP contribution in [0.5, 0.6) is 5.75 Å². The van der Waals surface area contributed by atoms with E-state index in [0.717, 1.165) is 6.07 Å². The first kappa shape index (κ1) is 17.3. The third-order valence-electron chi connectivity index (χ3n) is 2.87. The number of nitro groups is 1. The van der Waals surface area contributed by atoms with Gasteiger partial charge in [-0.3, -0.25) is 14.9 Å². The predicted octanol–water partition coefficient (Wildman–Crippen LogP) is 4.82. The highest BCUT2D eigenvalue weighted by Gasteiger charge is 2.19. The molecule has 0 atom stereocenters. The van der Waals surface area contributed by atoms with Gasteiger partial charge in [-0.25, -0.2) is 0 Å². The third-order valence-corrected chi connectivity index (χ3v) is 3.69. The minimum atomic E-state index is -0.617. The van der Waals surface area contributed by atoms with Crippen LogP contribution in [0.3, 0.4) is 0 Å². The number of halogens is 3. The van der Waals surface area contributed by atoms with Crippen molar-refractivity contribution in [2.75, 3.05) is 12.4 Å². The number of ether oxygens (including phenoxy) is 1. The van der Waals surface area contributed by atoms with E-state index >= 15 is 0 Å². The lowest BCUT2D eigenvalue weighted by atomic mass is 10.1. The summed E-state index contributed by atoms with van der Waals surface area (Å²) in [5.74, 6) is -0.483. The van der Waals surface area contributed by atoms with Crippen molar-refractivity contribution in [1.82, 2.24) is 0 Å². The largest absolute Gasteiger partial charge is 0.494 e. The number of nitro benzene ring substituents is 1. The molecule has 2 rings (SSSR count). The zero-order valence-electron chi connectivity index (χ0n) is 11.6. The molecule has 2 aromatic carbocycles. The first-order chi connectivity index (χ1) is 10.8. The van der Waals surface area contributed by atoms with Crippen molar-refractivity contribution >= 4 is 52.1 Å². The second-order valence-corrected chi connectivity index (χ2v) is 5.59. The molecule has 6 nitrogen and oxygen atoms in total. The van der Waals surface area contributed by atoms with Crippen molar-refractivity contribution in [3.8, 4) is 5.75 Å². The van der Waals surface area contributed by atoms with Crippen LogP contribution in [-0.4, -0.2) is 17.9 Å². The number of carbonyl (C=O) groups excluding carboxylic acids is 1. The highest BCUT2D eigenvalue weighted by atomic mass is 35.5. The molecular formula is C14H9Cl3N2O4. The number of methoxy groups -OCH3 is 1.